The maximum Gasteiger partial charge on any atom is 0.137 e. The molecule has 1 saturated carbocycles. The molecule has 2 aromatic rings. The molecule has 1 fully saturated rings. The molecule has 0 aromatic carbocycles. The average Bonchev–Trinajstić information content (AvgIpc) is 3.29. The number of alkyl halides is 1. The van der Waals surface area contributed by atoms with E-state index in [1.54, 1.807) is 0 Å². The number of hydrogen-bond donors (Lipinski definition) is 3. The summed E-state index contributed by atoms with van der Waals surface area (Å²) in [7, 11) is 0. The van der Waals surface area contributed by atoms with Crippen molar-refractivity contribution in [3.05, 3.63) is 35.7 Å². The highest BCUT2D eigenvalue weighted by atomic mass is 32.2. The van der Waals surface area contributed by atoms with Crippen LogP contribution in [0.5, 0.6) is 0 Å². The van der Waals surface area contributed by atoms with Gasteiger partial charge in [-0.2, -0.15) is 0 Å². The quantitative estimate of drug-likeness (QED) is 0.443. The predicted octanol–water partition coefficient (Wildman–Crippen LogP) is 5.50. The molecule has 0 saturated heterocycles. The Kier molecular flexibility index (Phi) is 5.42. The van der Waals surface area contributed by atoms with E-state index < -0.39 is 6.67 Å². The Morgan fingerprint density at radius 3 is 2.65 bits per heavy atom. The smallest absolute Gasteiger partial charge is 0.137 e. The largest absolute Gasteiger partial charge is 0.378 e. The molecule has 26 heavy (non-hydrogen) atoms. The third-order valence-electron chi connectivity index (χ3n) is 5.00. The number of thioether (sulfide) groups is 1. The highest BCUT2D eigenvalue weighted by molar-refractivity contribution is 8.26. The lowest BCUT2D eigenvalue weighted by Gasteiger charge is -2.17. The molecule has 1 aliphatic carbocycles. The summed E-state index contributed by atoms with van der Waals surface area (Å²) in [5.74, 6) is 0.507. The predicted molar refractivity (Wildman–Crippen MR) is 110 cm³/mol. The zero-order valence-electron chi connectivity index (χ0n) is 15.7. The molecule has 0 radical (unpaired) electrons. The number of fused-ring (bicyclic) bond motifs is 1. The molecule has 4 nitrogen and oxygen atoms in total. The molecule has 0 aliphatic heterocycles. The minimum Gasteiger partial charge on any atom is -0.378 e. The molecule has 0 unspecified atom stereocenters. The summed E-state index contributed by atoms with van der Waals surface area (Å²) >= 11 is 0.886. The molecular weight excluding hydrogens is 347 g/mol. The standard InChI is InChI=1S/C20H27FN4S/c1-4-20(7-8-20)24-15-5-6-16-14(9-13(2)3)10-17(25(16)12-15)19(23)26-18(22)11-21/h5-6,10,12-13,22-24H,4,7-9,11H2,1-3H3. The van der Waals surface area contributed by atoms with Crippen LogP contribution in [-0.4, -0.2) is 26.7 Å². The van der Waals surface area contributed by atoms with Crippen molar-refractivity contribution in [2.75, 3.05) is 12.0 Å². The van der Waals surface area contributed by atoms with E-state index in [0.717, 1.165) is 41.5 Å². The zero-order chi connectivity index (χ0) is 18.9. The molecule has 3 rings (SSSR count). The minimum absolute atomic E-state index is 0.132. The van der Waals surface area contributed by atoms with Gasteiger partial charge in [-0.1, -0.05) is 32.5 Å². The van der Waals surface area contributed by atoms with Crippen LogP contribution in [0.1, 0.15) is 51.3 Å². The fraction of sp³-hybridized carbons (Fsp3) is 0.500. The highest BCUT2D eigenvalue weighted by Crippen LogP contribution is 2.41. The summed E-state index contributed by atoms with van der Waals surface area (Å²) in [6.45, 7) is 5.72. The van der Waals surface area contributed by atoms with Crippen molar-refractivity contribution in [3.8, 4) is 0 Å². The van der Waals surface area contributed by atoms with Crippen LogP contribution >= 0.6 is 11.8 Å². The SMILES string of the molecule is CCC1(Nc2ccc3c(CC(C)C)cc(C(=N)SC(=N)CF)n3c2)CC1. The first-order valence-corrected chi connectivity index (χ1v) is 10.0. The van der Waals surface area contributed by atoms with Gasteiger partial charge in [-0.15, -0.1) is 0 Å². The molecule has 0 bridgehead atoms. The molecule has 2 heterocycles. The molecule has 0 atom stereocenters. The summed E-state index contributed by atoms with van der Waals surface area (Å²) in [6, 6.07) is 6.24. The van der Waals surface area contributed by atoms with Crippen LogP contribution < -0.4 is 5.32 Å². The zero-order valence-corrected chi connectivity index (χ0v) is 16.5. The second-order valence-corrected chi connectivity index (χ2v) is 8.68. The Hall–Kier alpha value is -1.82. The third-order valence-corrected chi connectivity index (χ3v) is 5.76. The van der Waals surface area contributed by atoms with E-state index in [2.05, 4.69) is 38.2 Å². The number of anilines is 1. The highest BCUT2D eigenvalue weighted by Gasteiger charge is 2.40. The van der Waals surface area contributed by atoms with Crippen molar-refractivity contribution in [2.24, 2.45) is 5.92 Å². The Balaban J connectivity index is 2.00. The van der Waals surface area contributed by atoms with Gasteiger partial charge in [-0.3, -0.25) is 10.8 Å². The van der Waals surface area contributed by atoms with Crippen LogP contribution in [0.3, 0.4) is 0 Å². The molecule has 2 aromatic heterocycles. The molecule has 6 heteroatoms. The normalized spacial score (nSPS) is 15.4. The van der Waals surface area contributed by atoms with Crippen LogP contribution in [0.2, 0.25) is 0 Å². The Morgan fingerprint density at radius 1 is 1.35 bits per heavy atom. The number of hydrogen-bond acceptors (Lipinski definition) is 4. The number of aromatic nitrogens is 1. The van der Waals surface area contributed by atoms with Crippen molar-refractivity contribution >= 4 is 33.1 Å². The van der Waals surface area contributed by atoms with E-state index in [4.69, 9.17) is 10.8 Å². The fourth-order valence-corrected chi connectivity index (χ4v) is 3.91. The van der Waals surface area contributed by atoms with E-state index >= 15 is 0 Å². The lowest BCUT2D eigenvalue weighted by atomic mass is 10.0. The number of pyridine rings is 1. The van der Waals surface area contributed by atoms with E-state index in [1.807, 2.05) is 16.7 Å². The first kappa shape index (κ1) is 19.0. The van der Waals surface area contributed by atoms with Gasteiger partial charge in [-0.05, 0) is 55.4 Å². The first-order chi connectivity index (χ1) is 12.4. The summed E-state index contributed by atoms with van der Waals surface area (Å²) < 4.78 is 14.7. The lowest BCUT2D eigenvalue weighted by molar-refractivity contribution is 0.584. The Bertz CT molecular complexity index is 836. The van der Waals surface area contributed by atoms with Gasteiger partial charge in [0.15, 0.2) is 0 Å². The molecular formula is C20H27FN4S. The van der Waals surface area contributed by atoms with E-state index in [1.165, 1.54) is 18.4 Å². The van der Waals surface area contributed by atoms with Crippen molar-refractivity contribution in [3.63, 3.8) is 0 Å². The van der Waals surface area contributed by atoms with Crippen LogP contribution in [0, 0.1) is 16.7 Å². The van der Waals surface area contributed by atoms with Gasteiger partial charge in [0.25, 0.3) is 0 Å². The summed E-state index contributed by atoms with van der Waals surface area (Å²) in [6.07, 6.45) is 6.45. The monoisotopic (exact) mass is 374 g/mol. The van der Waals surface area contributed by atoms with Gasteiger partial charge < -0.3 is 9.72 Å². The number of nitrogens with zero attached hydrogens (tertiary/aromatic N) is 1. The van der Waals surface area contributed by atoms with Gasteiger partial charge in [0, 0.05) is 17.3 Å². The second-order valence-electron chi connectivity index (χ2n) is 7.57. The summed E-state index contributed by atoms with van der Waals surface area (Å²) in [5, 5.41) is 19.6. The van der Waals surface area contributed by atoms with Crippen LogP contribution in [-0.2, 0) is 6.42 Å². The van der Waals surface area contributed by atoms with Crippen LogP contribution in [0.25, 0.3) is 5.52 Å². The van der Waals surface area contributed by atoms with Crippen LogP contribution in [0.15, 0.2) is 24.4 Å². The maximum absolute atomic E-state index is 12.7. The summed E-state index contributed by atoms with van der Waals surface area (Å²) in [5.41, 5.74) is 4.26. The van der Waals surface area contributed by atoms with Crippen LogP contribution in [0.4, 0.5) is 10.1 Å². The van der Waals surface area contributed by atoms with Crippen molar-refractivity contribution < 1.29 is 4.39 Å². The van der Waals surface area contributed by atoms with Gasteiger partial charge in [-0.25, -0.2) is 4.39 Å². The average molecular weight is 375 g/mol. The molecule has 1 aliphatic rings. The minimum atomic E-state index is -0.832. The Morgan fingerprint density at radius 2 is 2.08 bits per heavy atom. The maximum atomic E-state index is 12.7. The number of halogens is 1. The lowest BCUT2D eigenvalue weighted by Crippen LogP contribution is -2.20. The summed E-state index contributed by atoms with van der Waals surface area (Å²) in [4.78, 5) is 0. The third kappa shape index (κ3) is 3.95. The molecule has 140 valence electrons. The molecule has 0 amide bonds. The molecule has 0 spiro atoms. The van der Waals surface area contributed by atoms with Crippen molar-refractivity contribution in [2.45, 2.75) is 52.0 Å². The van der Waals surface area contributed by atoms with Crippen molar-refractivity contribution in [1.82, 2.24) is 4.40 Å². The topological polar surface area (TPSA) is 64.1 Å². The molecule has 3 N–H and O–H groups in total. The van der Waals surface area contributed by atoms with Gasteiger partial charge >= 0.3 is 0 Å². The second kappa shape index (κ2) is 7.43. The van der Waals surface area contributed by atoms with Crippen molar-refractivity contribution in [1.29, 1.82) is 10.8 Å². The fourth-order valence-electron chi connectivity index (χ4n) is 3.35. The number of rotatable bonds is 7. The van der Waals surface area contributed by atoms with E-state index in [-0.39, 0.29) is 15.6 Å². The van der Waals surface area contributed by atoms with E-state index in [9.17, 15) is 4.39 Å². The Labute approximate surface area is 158 Å². The van der Waals surface area contributed by atoms with Gasteiger partial charge in [0.2, 0.25) is 0 Å². The first-order valence-electron chi connectivity index (χ1n) is 9.20. The van der Waals surface area contributed by atoms with Gasteiger partial charge in [0.05, 0.1) is 11.4 Å². The van der Waals surface area contributed by atoms with E-state index in [0.29, 0.717) is 5.92 Å². The number of nitrogens with one attached hydrogen (secondary N) is 3. The van der Waals surface area contributed by atoms with Gasteiger partial charge in [0.1, 0.15) is 16.8 Å².